The molecule has 28 heavy (non-hydrogen) atoms. The molecule has 0 unspecified atom stereocenters. The molecule has 1 aliphatic carbocycles. The number of hydrogen-bond donors (Lipinski definition) is 1. The van der Waals surface area contributed by atoms with Gasteiger partial charge in [0, 0.05) is 18.3 Å². The van der Waals surface area contributed by atoms with Gasteiger partial charge in [0.2, 0.25) is 5.91 Å². The molecule has 148 valence electrons. The fourth-order valence-electron chi connectivity index (χ4n) is 3.23. The van der Waals surface area contributed by atoms with E-state index >= 15 is 0 Å². The average Bonchev–Trinajstić information content (AvgIpc) is 3.09. The summed E-state index contributed by atoms with van der Waals surface area (Å²) in [7, 11) is 1.47. The van der Waals surface area contributed by atoms with Crippen molar-refractivity contribution < 1.29 is 22.8 Å². The Morgan fingerprint density at radius 1 is 1.11 bits per heavy atom. The zero-order chi connectivity index (χ0) is 20.5. The number of benzene rings is 2. The Labute approximate surface area is 165 Å². The van der Waals surface area contributed by atoms with Gasteiger partial charge in [0.1, 0.15) is 0 Å². The fraction of sp³-hybridized carbons (Fsp3) is 0.300. The molecule has 0 fully saturated rings. The SMILES string of the molecule is CN(CC(=O)Nc1ccc(Cl)c(C(F)(F)F)c1)C(=O)c1ccc2c(c1)CCC2. The fourth-order valence-corrected chi connectivity index (χ4v) is 3.46. The summed E-state index contributed by atoms with van der Waals surface area (Å²) in [6.07, 6.45) is -1.63. The zero-order valence-corrected chi connectivity index (χ0v) is 15.8. The predicted molar refractivity (Wildman–Crippen MR) is 101 cm³/mol. The highest BCUT2D eigenvalue weighted by atomic mass is 35.5. The first-order valence-corrected chi connectivity index (χ1v) is 9.07. The van der Waals surface area contributed by atoms with Crippen LogP contribution in [0.5, 0.6) is 0 Å². The monoisotopic (exact) mass is 410 g/mol. The number of carbonyl (C=O) groups is 2. The highest BCUT2D eigenvalue weighted by Crippen LogP contribution is 2.36. The second kappa shape index (κ2) is 7.83. The minimum atomic E-state index is -4.63. The highest BCUT2D eigenvalue weighted by molar-refractivity contribution is 6.31. The predicted octanol–water partition coefficient (Wildman–Crippen LogP) is 4.56. The number of anilines is 1. The van der Waals surface area contributed by atoms with Gasteiger partial charge in [-0.2, -0.15) is 13.2 Å². The Morgan fingerprint density at radius 3 is 2.54 bits per heavy atom. The molecule has 0 spiro atoms. The Kier molecular flexibility index (Phi) is 5.65. The van der Waals surface area contributed by atoms with Crippen molar-refractivity contribution in [3.63, 3.8) is 0 Å². The molecule has 0 atom stereocenters. The lowest BCUT2D eigenvalue weighted by molar-refractivity contribution is -0.137. The molecule has 0 saturated heterocycles. The maximum absolute atomic E-state index is 12.9. The molecule has 0 radical (unpaired) electrons. The lowest BCUT2D eigenvalue weighted by Gasteiger charge is -2.18. The molecule has 3 rings (SSSR count). The van der Waals surface area contributed by atoms with E-state index in [2.05, 4.69) is 5.32 Å². The van der Waals surface area contributed by atoms with Crippen molar-refractivity contribution in [1.82, 2.24) is 4.90 Å². The number of fused-ring (bicyclic) bond motifs is 1. The molecule has 2 aromatic carbocycles. The Morgan fingerprint density at radius 2 is 1.82 bits per heavy atom. The number of halogens is 4. The first-order chi connectivity index (χ1) is 13.1. The summed E-state index contributed by atoms with van der Waals surface area (Å²) in [5.41, 5.74) is 1.79. The topological polar surface area (TPSA) is 49.4 Å². The first-order valence-electron chi connectivity index (χ1n) is 8.69. The number of aryl methyl sites for hydroxylation is 2. The molecule has 0 saturated carbocycles. The standard InChI is InChI=1S/C20H18ClF3N2O2/c1-26(19(28)14-6-5-12-3-2-4-13(12)9-14)11-18(27)25-15-7-8-17(21)16(10-15)20(22,23)24/h5-10H,2-4,11H2,1H3,(H,25,27). The summed E-state index contributed by atoms with van der Waals surface area (Å²) in [4.78, 5) is 25.9. The van der Waals surface area contributed by atoms with Gasteiger partial charge in [0.15, 0.2) is 0 Å². The minimum Gasteiger partial charge on any atom is -0.332 e. The third-order valence-electron chi connectivity index (χ3n) is 4.63. The quantitative estimate of drug-likeness (QED) is 0.803. The maximum Gasteiger partial charge on any atom is 0.417 e. The molecular weight excluding hydrogens is 393 g/mol. The third-order valence-corrected chi connectivity index (χ3v) is 4.96. The van der Waals surface area contributed by atoms with Crippen LogP contribution >= 0.6 is 11.6 Å². The van der Waals surface area contributed by atoms with E-state index in [-0.39, 0.29) is 18.1 Å². The molecule has 1 N–H and O–H groups in total. The number of alkyl halides is 3. The summed E-state index contributed by atoms with van der Waals surface area (Å²) in [6, 6.07) is 8.61. The van der Waals surface area contributed by atoms with Crippen molar-refractivity contribution in [3.05, 3.63) is 63.7 Å². The summed E-state index contributed by atoms with van der Waals surface area (Å²) >= 11 is 5.57. The van der Waals surface area contributed by atoms with Crippen LogP contribution in [0.3, 0.4) is 0 Å². The summed E-state index contributed by atoms with van der Waals surface area (Å²) < 4.78 is 38.7. The molecule has 0 bridgehead atoms. The van der Waals surface area contributed by atoms with Crippen molar-refractivity contribution in [1.29, 1.82) is 0 Å². The summed E-state index contributed by atoms with van der Waals surface area (Å²) in [5, 5.41) is 1.92. The highest BCUT2D eigenvalue weighted by Gasteiger charge is 2.33. The molecule has 8 heteroatoms. The molecule has 0 aromatic heterocycles. The first kappa shape index (κ1) is 20.2. The van der Waals surface area contributed by atoms with Crippen molar-refractivity contribution >= 4 is 29.1 Å². The van der Waals surface area contributed by atoms with Crippen LogP contribution in [-0.2, 0) is 23.8 Å². The van der Waals surface area contributed by atoms with E-state index in [9.17, 15) is 22.8 Å². The van der Waals surface area contributed by atoms with Crippen molar-refractivity contribution in [2.45, 2.75) is 25.4 Å². The molecule has 0 heterocycles. The van der Waals surface area contributed by atoms with Gasteiger partial charge in [-0.15, -0.1) is 0 Å². The normalized spacial score (nSPS) is 13.2. The average molecular weight is 411 g/mol. The van der Waals surface area contributed by atoms with Gasteiger partial charge in [-0.1, -0.05) is 17.7 Å². The van der Waals surface area contributed by atoms with Gasteiger partial charge in [-0.25, -0.2) is 0 Å². The minimum absolute atomic E-state index is 0.0416. The van der Waals surface area contributed by atoms with Crippen LogP contribution < -0.4 is 5.32 Å². The summed E-state index contributed by atoms with van der Waals surface area (Å²) in [6.45, 7) is -0.292. The third kappa shape index (κ3) is 4.47. The number of rotatable bonds is 4. The lowest BCUT2D eigenvalue weighted by atomic mass is 10.1. The largest absolute Gasteiger partial charge is 0.417 e. The van der Waals surface area contributed by atoms with Crippen LogP contribution in [0.15, 0.2) is 36.4 Å². The van der Waals surface area contributed by atoms with Gasteiger partial charge in [0.25, 0.3) is 5.91 Å². The van der Waals surface area contributed by atoms with E-state index in [1.807, 2.05) is 12.1 Å². The van der Waals surface area contributed by atoms with Crippen LogP contribution in [0.4, 0.5) is 18.9 Å². The Bertz CT molecular complexity index is 928. The molecular formula is C20H18ClF3N2O2. The van der Waals surface area contributed by atoms with E-state index in [1.165, 1.54) is 23.6 Å². The van der Waals surface area contributed by atoms with Gasteiger partial charge in [-0.3, -0.25) is 9.59 Å². The van der Waals surface area contributed by atoms with E-state index in [1.54, 1.807) is 6.07 Å². The molecule has 4 nitrogen and oxygen atoms in total. The lowest BCUT2D eigenvalue weighted by Crippen LogP contribution is -2.35. The van der Waals surface area contributed by atoms with E-state index in [4.69, 9.17) is 11.6 Å². The number of amides is 2. The van der Waals surface area contributed by atoms with E-state index < -0.39 is 22.7 Å². The van der Waals surface area contributed by atoms with Crippen molar-refractivity contribution in [2.24, 2.45) is 0 Å². The summed E-state index contributed by atoms with van der Waals surface area (Å²) in [5.74, 6) is -0.926. The Hall–Kier alpha value is -2.54. The van der Waals surface area contributed by atoms with Gasteiger partial charge in [0.05, 0.1) is 17.1 Å². The van der Waals surface area contributed by atoms with Gasteiger partial charge >= 0.3 is 6.18 Å². The molecule has 2 amide bonds. The van der Waals surface area contributed by atoms with Crippen LogP contribution in [0.25, 0.3) is 0 Å². The molecule has 2 aromatic rings. The molecule has 1 aliphatic rings. The van der Waals surface area contributed by atoms with Gasteiger partial charge < -0.3 is 10.2 Å². The van der Waals surface area contributed by atoms with Crippen molar-refractivity contribution in [3.8, 4) is 0 Å². The number of hydrogen-bond acceptors (Lipinski definition) is 2. The maximum atomic E-state index is 12.9. The number of nitrogens with one attached hydrogen (secondary N) is 1. The number of nitrogens with zero attached hydrogens (tertiary/aromatic N) is 1. The second-order valence-electron chi connectivity index (χ2n) is 6.74. The van der Waals surface area contributed by atoms with E-state index in [0.717, 1.165) is 37.0 Å². The number of likely N-dealkylation sites (N-methyl/N-ethyl adjacent to an activating group) is 1. The van der Waals surface area contributed by atoms with Crippen LogP contribution in [-0.4, -0.2) is 30.3 Å². The Balaban J connectivity index is 1.65. The second-order valence-corrected chi connectivity index (χ2v) is 7.15. The number of carbonyl (C=O) groups excluding carboxylic acids is 2. The van der Waals surface area contributed by atoms with E-state index in [0.29, 0.717) is 5.56 Å². The zero-order valence-electron chi connectivity index (χ0n) is 15.1. The smallest absolute Gasteiger partial charge is 0.332 e. The van der Waals surface area contributed by atoms with Crippen LogP contribution in [0.1, 0.15) is 33.5 Å². The van der Waals surface area contributed by atoms with Gasteiger partial charge in [-0.05, 0) is 60.7 Å². The van der Waals surface area contributed by atoms with Crippen LogP contribution in [0, 0.1) is 0 Å². The van der Waals surface area contributed by atoms with Crippen LogP contribution in [0.2, 0.25) is 5.02 Å². The molecule has 0 aliphatic heterocycles. The van der Waals surface area contributed by atoms with Crippen molar-refractivity contribution in [2.75, 3.05) is 18.9 Å².